The average molecular weight is 655 g/mol. The summed E-state index contributed by atoms with van der Waals surface area (Å²) in [6, 6.07) is 17.2. The second-order valence-electron chi connectivity index (χ2n) is 14.7. The third-order valence-corrected chi connectivity index (χ3v) is 11.6. The molecule has 9 heteroatoms. The number of nitrogens with zero attached hydrogens (tertiary/aromatic N) is 2. The maximum atomic E-state index is 14.4. The minimum absolute atomic E-state index is 0.0746. The summed E-state index contributed by atoms with van der Waals surface area (Å²) in [5.74, 6) is -0.390. The Morgan fingerprint density at radius 3 is 2.54 bits per heavy atom. The summed E-state index contributed by atoms with van der Waals surface area (Å²) in [5.41, 5.74) is 0.840. The number of ether oxygens (including phenoxy) is 2. The second kappa shape index (κ2) is 14.0. The molecule has 1 aliphatic carbocycles. The Morgan fingerprint density at radius 2 is 1.77 bits per heavy atom. The Bertz CT molecular complexity index is 1510. The zero-order valence-corrected chi connectivity index (χ0v) is 28.3. The van der Waals surface area contributed by atoms with E-state index in [0.717, 1.165) is 64.6 Å². The van der Waals surface area contributed by atoms with Crippen molar-refractivity contribution in [2.24, 2.45) is 23.7 Å². The molecule has 9 nitrogen and oxygen atoms in total. The first kappa shape index (κ1) is 32.8. The van der Waals surface area contributed by atoms with Crippen molar-refractivity contribution in [2.75, 3.05) is 38.6 Å². The van der Waals surface area contributed by atoms with Crippen LogP contribution in [0.4, 0.5) is 5.69 Å². The number of carbonyl (C=O) groups excluding carboxylic acids is 3. The fourth-order valence-electron chi connectivity index (χ4n) is 9.05. The van der Waals surface area contributed by atoms with E-state index < -0.39 is 29.6 Å². The molecule has 5 aliphatic rings. The van der Waals surface area contributed by atoms with Gasteiger partial charge >= 0.3 is 0 Å². The summed E-state index contributed by atoms with van der Waals surface area (Å²) in [4.78, 5) is 46.8. The number of anilines is 1. The Kier molecular flexibility index (Phi) is 9.61. The number of likely N-dealkylation sites (tertiary alicyclic amines) is 2. The number of methoxy groups -OCH3 is 1. The monoisotopic (exact) mass is 654 g/mol. The average Bonchev–Trinajstić information content (AvgIpc) is 3.74. The van der Waals surface area contributed by atoms with Gasteiger partial charge in [0.15, 0.2) is 0 Å². The number of fused-ring (bicyclic) bond motifs is 1. The van der Waals surface area contributed by atoms with Crippen LogP contribution < -0.4 is 15.4 Å². The van der Waals surface area contributed by atoms with E-state index in [2.05, 4.69) is 52.8 Å². The molecule has 4 fully saturated rings. The highest BCUT2D eigenvalue weighted by molar-refractivity contribution is 6.02. The van der Waals surface area contributed by atoms with Gasteiger partial charge in [0.25, 0.3) is 0 Å². The van der Waals surface area contributed by atoms with Crippen molar-refractivity contribution in [3.05, 3.63) is 72.3 Å². The normalized spacial score (nSPS) is 31.5. The molecule has 3 amide bonds. The molecular weight excluding hydrogens is 604 g/mol. The lowest BCUT2D eigenvalue weighted by Gasteiger charge is -2.36. The molecule has 1 spiro atoms. The number of amides is 3. The van der Waals surface area contributed by atoms with E-state index in [9.17, 15) is 14.4 Å². The molecule has 7 rings (SSSR count). The van der Waals surface area contributed by atoms with Crippen LogP contribution in [0.15, 0.2) is 66.7 Å². The molecule has 2 bridgehead atoms. The van der Waals surface area contributed by atoms with Gasteiger partial charge in [-0.1, -0.05) is 68.3 Å². The highest BCUT2D eigenvalue weighted by Gasteiger charge is 2.72. The number of benzene rings is 2. The number of carbonyl (C=O) groups is 3. The van der Waals surface area contributed by atoms with Crippen LogP contribution >= 0.6 is 0 Å². The number of rotatable bonds is 11. The van der Waals surface area contributed by atoms with Crippen LogP contribution in [0.2, 0.25) is 0 Å². The molecule has 48 heavy (non-hydrogen) atoms. The van der Waals surface area contributed by atoms with Crippen molar-refractivity contribution >= 4 is 23.4 Å². The van der Waals surface area contributed by atoms with Gasteiger partial charge in [-0.2, -0.15) is 0 Å². The second-order valence-corrected chi connectivity index (χ2v) is 14.7. The molecule has 256 valence electrons. The molecule has 1 saturated carbocycles. The maximum absolute atomic E-state index is 14.4. The minimum Gasteiger partial charge on any atom is -0.497 e. The predicted molar refractivity (Wildman–Crippen MR) is 184 cm³/mol. The molecule has 3 saturated heterocycles. The molecule has 2 aromatic rings. The van der Waals surface area contributed by atoms with Crippen molar-refractivity contribution < 1.29 is 23.9 Å². The fourth-order valence-corrected chi connectivity index (χ4v) is 9.05. The van der Waals surface area contributed by atoms with Gasteiger partial charge in [0.1, 0.15) is 17.4 Å². The van der Waals surface area contributed by atoms with Gasteiger partial charge in [0.05, 0.1) is 25.0 Å². The highest BCUT2D eigenvalue weighted by atomic mass is 16.5. The van der Waals surface area contributed by atoms with Gasteiger partial charge in [0, 0.05) is 24.3 Å². The molecule has 2 aromatic carbocycles. The molecule has 4 heterocycles. The van der Waals surface area contributed by atoms with Crippen molar-refractivity contribution in [3.8, 4) is 5.75 Å². The van der Waals surface area contributed by atoms with Crippen molar-refractivity contribution in [3.63, 3.8) is 0 Å². The highest BCUT2D eigenvalue weighted by Crippen LogP contribution is 2.55. The summed E-state index contributed by atoms with van der Waals surface area (Å²) in [6.45, 7) is 5.60. The summed E-state index contributed by atoms with van der Waals surface area (Å²) >= 11 is 0. The zero-order valence-electron chi connectivity index (χ0n) is 28.3. The quantitative estimate of drug-likeness (QED) is 0.337. The van der Waals surface area contributed by atoms with E-state index in [1.165, 1.54) is 12.0 Å². The zero-order chi connectivity index (χ0) is 33.3. The number of nitrogens with one attached hydrogen (secondary N) is 2. The number of hydrogen-bond acceptors (Lipinski definition) is 6. The van der Waals surface area contributed by atoms with Gasteiger partial charge in [0.2, 0.25) is 17.7 Å². The fraction of sp³-hybridized carbons (Fsp3) is 0.564. The largest absolute Gasteiger partial charge is 0.497 e. The van der Waals surface area contributed by atoms with Crippen molar-refractivity contribution in [1.82, 2.24) is 15.1 Å². The lowest BCUT2D eigenvalue weighted by Crippen LogP contribution is -2.57. The minimum atomic E-state index is -1.16. The Hall–Kier alpha value is -3.69. The predicted octanol–water partition coefficient (Wildman–Crippen LogP) is 4.82. The van der Waals surface area contributed by atoms with E-state index >= 15 is 0 Å². The smallest absolute Gasteiger partial charge is 0.246 e. The van der Waals surface area contributed by atoms with Crippen LogP contribution in [-0.2, 0) is 25.5 Å². The first-order valence-corrected chi connectivity index (χ1v) is 18.1. The van der Waals surface area contributed by atoms with Gasteiger partial charge in [-0.3, -0.25) is 14.4 Å². The first-order valence-electron chi connectivity index (χ1n) is 18.1. The lowest BCUT2D eigenvalue weighted by atomic mass is 9.74. The van der Waals surface area contributed by atoms with Crippen LogP contribution in [0.1, 0.15) is 57.4 Å². The van der Waals surface area contributed by atoms with Crippen LogP contribution in [0.3, 0.4) is 0 Å². The summed E-state index contributed by atoms with van der Waals surface area (Å²) in [5, 5.41) is 6.34. The number of hydrogen-bond donors (Lipinski definition) is 2. The van der Waals surface area contributed by atoms with Crippen LogP contribution in [0.5, 0.6) is 5.75 Å². The van der Waals surface area contributed by atoms with Gasteiger partial charge < -0.3 is 29.9 Å². The molecule has 7 atom stereocenters. The third-order valence-electron chi connectivity index (χ3n) is 11.6. The lowest BCUT2D eigenvalue weighted by molar-refractivity contribution is -0.141. The Balaban J connectivity index is 1.05. The SMILES string of the molecule is COc1cccc(NC(=O)[C@H]2[C@H]3C=C[C@@]4(O3)[C@H]2C(=O)N(CCCN2CCC(Cc3ccccc3)CC2)[C@@H]4C(=O)N[C@@H]2CCCC[C@@H]2C)c1. The summed E-state index contributed by atoms with van der Waals surface area (Å²) < 4.78 is 11.9. The topological polar surface area (TPSA) is 100 Å². The van der Waals surface area contributed by atoms with E-state index in [1.54, 1.807) is 24.1 Å². The maximum Gasteiger partial charge on any atom is 0.246 e. The first-order chi connectivity index (χ1) is 23.4. The molecule has 0 aromatic heterocycles. The third kappa shape index (κ3) is 6.39. The Labute approximate surface area is 284 Å². The van der Waals surface area contributed by atoms with Gasteiger partial charge in [-0.05, 0) is 87.7 Å². The number of piperidine rings is 1. The molecule has 2 N–H and O–H groups in total. The van der Waals surface area contributed by atoms with Crippen molar-refractivity contribution in [2.45, 2.75) is 82.1 Å². The molecule has 0 radical (unpaired) electrons. The van der Waals surface area contributed by atoms with Gasteiger partial charge in [-0.25, -0.2) is 0 Å². The van der Waals surface area contributed by atoms with E-state index in [4.69, 9.17) is 9.47 Å². The van der Waals surface area contributed by atoms with Crippen molar-refractivity contribution in [1.29, 1.82) is 0 Å². The standard InChI is InChI=1S/C39H50N4O5/c1-26-10-6-7-15-31(26)41-37(45)35-39-19-16-32(48-39)33(36(44)40-29-13-8-14-30(25-29)47-2)34(39)38(46)43(35)21-9-20-42-22-17-28(18-23-42)24-27-11-4-3-5-12-27/h3-5,8,11-14,16,19,25-26,28,31-35H,6-7,9-10,15,17-18,20-24H2,1-2H3,(H,40,44)(H,41,45)/t26-,31+,32+,33-,34+,35+,39+/m0/s1. The van der Waals surface area contributed by atoms with Crippen LogP contribution in [0, 0.1) is 23.7 Å². The molecule has 0 unspecified atom stereocenters. The van der Waals surface area contributed by atoms with E-state index in [-0.39, 0.29) is 23.8 Å². The molecular formula is C39H50N4O5. The van der Waals surface area contributed by atoms with E-state index in [1.807, 2.05) is 24.3 Å². The molecule has 4 aliphatic heterocycles. The summed E-state index contributed by atoms with van der Waals surface area (Å²) in [6.07, 6.45) is 11.7. The van der Waals surface area contributed by atoms with Crippen LogP contribution in [0.25, 0.3) is 0 Å². The van der Waals surface area contributed by atoms with E-state index in [0.29, 0.717) is 29.8 Å². The Morgan fingerprint density at radius 1 is 0.979 bits per heavy atom. The van der Waals surface area contributed by atoms with Crippen LogP contribution in [-0.4, -0.2) is 84.6 Å². The van der Waals surface area contributed by atoms with Gasteiger partial charge in [-0.15, -0.1) is 0 Å². The summed E-state index contributed by atoms with van der Waals surface area (Å²) in [7, 11) is 1.58.